The number of aromatic hydroxyl groups is 1. The molecule has 1 N–H and O–H groups in total. The number of hydrogen-bond acceptors (Lipinski definition) is 4. The monoisotopic (exact) mass is 681 g/mol. The molecular formula is C48H31N3O2. The minimum Gasteiger partial charge on any atom is -0.507 e. The van der Waals surface area contributed by atoms with Crippen LogP contribution in [0.3, 0.4) is 0 Å². The van der Waals surface area contributed by atoms with Gasteiger partial charge in [0.15, 0.2) is 0 Å². The van der Waals surface area contributed by atoms with Gasteiger partial charge in [-0.3, -0.25) is 9.55 Å². The number of nitrogens with zero attached hydrogens (tertiary/aromatic N) is 3. The Bertz CT molecular complexity index is 2950. The molecule has 0 spiro atoms. The van der Waals surface area contributed by atoms with Crippen LogP contribution in [-0.4, -0.2) is 19.6 Å². The number of imidazole rings is 1. The maximum atomic E-state index is 11.2. The standard InChI is InChI=1S/C48H31N3O2/c52-43-24-10-8-19-37(43)48-50-47-36(20-13-23-42(47)51(48)41-22-9-7-18-35(41)32-16-5-2-6-17-32)34-29-38(40-21-11-12-27-49-40)46-39-28-33(31-14-3-1-4-15-31)25-26-44(39)53-45(46)30-34/h1-30,52H. The average Bonchev–Trinajstić information content (AvgIpc) is 3.80. The number of phenols is 1. The van der Waals surface area contributed by atoms with Crippen LogP contribution >= 0.6 is 0 Å². The van der Waals surface area contributed by atoms with Crippen molar-refractivity contribution < 1.29 is 9.52 Å². The second-order valence-electron chi connectivity index (χ2n) is 13.1. The smallest absolute Gasteiger partial charge is 0.149 e. The van der Waals surface area contributed by atoms with Gasteiger partial charge in [-0.1, -0.05) is 115 Å². The van der Waals surface area contributed by atoms with Gasteiger partial charge < -0.3 is 9.52 Å². The largest absolute Gasteiger partial charge is 0.507 e. The molecule has 53 heavy (non-hydrogen) atoms. The third-order valence-corrected chi connectivity index (χ3v) is 9.99. The molecule has 5 heteroatoms. The van der Waals surface area contributed by atoms with E-state index in [0.717, 1.165) is 83.3 Å². The molecule has 3 heterocycles. The maximum Gasteiger partial charge on any atom is 0.149 e. The van der Waals surface area contributed by atoms with Crippen LogP contribution in [0.4, 0.5) is 0 Å². The van der Waals surface area contributed by atoms with Gasteiger partial charge in [-0.25, -0.2) is 4.98 Å². The Hall–Kier alpha value is -7.24. The Kier molecular flexibility index (Phi) is 7.22. The van der Waals surface area contributed by atoms with E-state index in [1.807, 2.05) is 60.8 Å². The number of rotatable bonds is 6. The van der Waals surface area contributed by atoms with E-state index in [9.17, 15) is 5.11 Å². The van der Waals surface area contributed by atoms with Crippen molar-refractivity contribution in [3.05, 3.63) is 182 Å². The molecule has 5 nitrogen and oxygen atoms in total. The lowest BCUT2D eigenvalue weighted by molar-refractivity contribution is 0.477. The van der Waals surface area contributed by atoms with Crippen LogP contribution in [0, 0.1) is 0 Å². The first-order chi connectivity index (χ1) is 26.2. The fourth-order valence-electron chi connectivity index (χ4n) is 7.55. The highest BCUT2D eigenvalue weighted by Crippen LogP contribution is 2.44. The van der Waals surface area contributed by atoms with E-state index in [0.29, 0.717) is 11.4 Å². The molecule has 0 aliphatic rings. The predicted molar refractivity (Wildman–Crippen MR) is 215 cm³/mol. The van der Waals surface area contributed by atoms with E-state index < -0.39 is 0 Å². The number of pyridine rings is 1. The Morgan fingerprint density at radius 2 is 1.21 bits per heavy atom. The Balaban J connectivity index is 1.25. The van der Waals surface area contributed by atoms with Crippen LogP contribution in [0.1, 0.15) is 0 Å². The minimum absolute atomic E-state index is 0.166. The molecule has 0 aliphatic heterocycles. The molecule has 0 aliphatic carbocycles. The summed E-state index contributed by atoms with van der Waals surface area (Å²) in [5.41, 5.74) is 13.1. The van der Waals surface area contributed by atoms with Crippen LogP contribution < -0.4 is 0 Å². The van der Waals surface area contributed by atoms with E-state index in [1.54, 1.807) is 6.07 Å². The van der Waals surface area contributed by atoms with Gasteiger partial charge in [-0.2, -0.15) is 0 Å². The number of fused-ring (bicyclic) bond motifs is 4. The number of aromatic nitrogens is 3. The summed E-state index contributed by atoms with van der Waals surface area (Å²) >= 11 is 0. The van der Waals surface area contributed by atoms with Crippen molar-refractivity contribution in [1.82, 2.24) is 14.5 Å². The van der Waals surface area contributed by atoms with Crippen molar-refractivity contribution in [2.45, 2.75) is 0 Å². The van der Waals surface area contributed by atoms with Gasteiger partial charge in [0.05, 0.1) is 28.0 Å². The summed E-state index contributed by atoms with van der Waals surface area (Å²) in [6, 6.07) is 59.5. The zero-order valence-corrected chi connectivity index (χ0v) is 28.5. The molecule has 0 fully saturated rings. The molecule has 250 valence electrons. The fourth-order valence-corrected chi connectivity index (χ4v) is 7.55. The Morgan fingerprint density at radius 3 is 2.00 bits per heavy atom. The minimum atomic E-state index is 0.166. The summed E-state index contributed by atoms with van der Waals surface area (Å²) in [5.74, 6) is 0.816. The van der Waals surface area contributed by atoms with Crippen LogP contribution in [0.5, 0.6) is 5.75 Å². The summed E-state index contributed by atoms with van der Waals surface area (Å²) in [6.45, 7) is 0. The first-order valence-corrected chi connectivity index (χ1v) is 17.6. The lowest BCUT2D eigenvalue weighted by Crippen LogP contribution is -2.00. The van der Waals surface area contributed by atoms with Crippen LogP contribution in [-0.2, 0) is 0 Å². The number of benzene rings is 7. The summed E-state index contributed by atoms with van der Waals surface area (Å²) in [5, 5.41) is 13.3. The molecule has 3 aromatic heterocycles. The second-order valence-corrected chi connectivity index (χ2v) is 13.1. The molecule has 7 aromatic carbocycles. The van der Waals surface area contributed by atoms with Crippen LogP contribution in [0.25, 0.3) is 94.7 Å². The zero-order valence-electron chi connectivity index (χ0n) is 28.5. The van der Waals surface area contributed by atoms with Crippen molar-refractivity contribution in [3.63, 3.8) is 0 Å². The normalized spacial score (nSPS) is 11.5. The first-order valence-electron chi connectivity index (χ1n) is 17.6. The molecule has 0 unspecified atom stereocenters. The van der Waals surface area contributed by atoms with E-state index in [4.69, 9.17) is 14.4 Å². The van der Waals surface area contributed by atoms with E-state index in [2.05, 4.69) is 120 Å². The van der Waals surface area contributed by atoms with Crippen LogP contribution in [0.15, 0.2) is 187 Å². The molecule has 0 radical (unpaired) electrons. The molecule has 0 saturated carbocycles. The lowest BCUT2D eigenvalue weighted by atomic mass is 9.95. The molecule has 0 amide bonds. The van der Waals surface area contributed by atoms with E-state index >= 15 is 0 Å². The van der Waals surface area contributed by atoms with Gasteiger partial charge in [-0.05, 0) is 82.9 Å². The SMILES string of the molecule is Oc1ccccc1-c1nc2c(-c3cc(-c4ccccn4)c4c(c3)oc3ccc(-c5ccccc5)cc34)cccc2n1-c1ccccc1-c1ccccc1. The van der Waals surface area contributed by atoms with Crippen LogP contribution in [0.2, 0.25) is 0 Å². The van der Waals surface area contributed by atoms with Gasteiger partial charge in [-0.15, -0.1) is 0 Å². The molecule has 0 saturated heterocycles. The first kappa shape index (κ1) is 30.6. The lowest BCUT2D eigenvalue weighted by Gasteiger charge is -2.15. The molecule has 0 bridgehead atoms. The predicted octanol–water partition coefficient (Wildman–Crippen LogP) is 12.4. The number of hydrogen-bond donors (Lipinski definition) is 1. The summed E-state index contributed by atoms with van der Waals surface area (Å²) in [7, 11) is 0. The molecule has 10 aromatic rings. The third kappa shape index (κ3) is 5.17. The number of para-hydroxylation sites is 3. The van der Waals surface area contributed by atoms with Gasteiger partial charge >= 0.3 is 0 Å². The highest BCUT2D eigenvalue weighted by Gasteiger charge is 2.23. The topological polar surface area (TPSA) is 64.1 Å². The van der Waals surface area contributed by atoms with Crippen molar-refractivity contribution >= 4 is 33.0 Å². The van der Waals surface area contributed by atoms with E-state index in [-0.39, 0.29) is 5.75 Å². The van der Waals surface area contributed by atoms with Crippen molar-refractivity contribution in [2.75, 3.05) is 0 Å². The highest BCUT2D eigenvalue weighted by atomic mass is 16.3. The Morgan fingerprint density at radius 1 is 0.491 bits per heavy atom. The fraction of sp³-hybridized carbons (Fsp3) is 0. The Labute approximate surface area is 305 Å². The van der Waals surface area contributed by atoms with Gasteiger partial charge in [0.25, 0.3) is 0 Å². The number of furan rings is 1. The van der Waals surface area contributed by atoms with Gasteiger partial charge in [0, 0.05) is 33.7 Å². The summed E-state index contributed by atoms with van der Waals surface area (Å²) in [6.07, 6.45) is 1.83. The maximum absolute atomic E-state index is 11.2. The highest BCUT2D eigenvalue weighted by molar-refractivity contribution is 6.15. The van der Waals surface area contributed by atoms with Gasteiger partial charge in [0.1, 0.15) is 22.7 Å². The summed E-state index contributed by atoms with van der Waals surface area (Å²) in [4.78, 5) is 10.2. The molecule has 0 atom stereocenters. The summed E-state index contributed by atoms with van der Waals surface area (Å²) < 4.78 is 8.81. The molecule has 10 rings (SSSR count). The zero-order chi connectivity index (χ0) is 35.3. The van der Waals surface area contributed by atoms with E-state index in [1.165, 1.54) is 0 Å². The van der Waals surface area contributed by atoms with Crippen molar-refractivity contribution in [3.8, 4) is 67.5 Å². The van der Waals surface area contributed by atoms with Gasteiger partial charge in [0.2, 0.25) is 0 Å². The third-order valence-electron chi connectivity index (χ3n) is 9.99. The quantitative estimate of drug-likeness (QED) is 0.190. The molecular weight excluding hydrogens is 651 g/mol. The second kappa shape index (κ2) is 12.5. The number of phenolic OH excluding ortho intramolecular Hbond substituents is 1. The van der Waals surface area contributed by atoms with Crippen molar-refractivity contribution in [2.24, 2.45) is 0 Å². The van der Waals surface area contributed by atoms with Crippen molar-refractivity contribution in [1.29, 1.82) is 0 Å². The average molecular weight is 682 g/mol.